The molecule has 0 aliphatic heterocycles. The van der Waals surface area contributed by atoms with Crippen molar-refractivity contribution in [2.75, 3.05) is 13.6 Å². The summed E-state index contributed by atoms with van der Waals surface area (Å²) < 4.78 is 0. The van der Waals surface area contributed by atoms with Gasteiger partial charge >= 0.3 is 0 Å². The summed E-state index contributed by atoms with van der Waals surface area (Å²) in [7, 11) is 1.88. The van der Waals surface area contributed by atoms with Crippen LogP contribution < -0.4 is 5.32 Å². The van der Waals surface area contributed by atoms with Crippen molar-refractivity contribution in [1.29, 1.82) is 0 Å². The Morgan fingerprint density at radius 3 is 2.87 bits per heavy atom. The minimum Gasteiger partial charge on any atom is -0.504 e. The molecule has 0 saturated heterocycles. The van der Waals surface area contributed by atoms with Crippen molar-refractivity contribution < 1.29 is 10.2 Å². The number of nitrogens with one attached hydrogen (secondary N) is 2. The van der Waals surface area contributed by atoms with Gasteiger partial charge in [-0.05, 0) is 37.7 Å². The molecule has 1 aromatic carbocycles. The number of aromatic hydroxyl groups is 2. The lowest BCUT2D eigenvalue weighted by molar-refractivity contribution is 0.408. The third-order valence-corrected chi connectivity index (χ3v) is 2.52. The van der Waals surface area contributed by atoms with Crippen LogP contribution in [-0.4, -0.2) is 28.8 Å². The Kier molecular flexibility index (Phi) is 2.51. The summed E-state index contributed by atoms with van der Waals surface area (Å²) in [5.74, 6) is -0.118. The van der Waals surface area contributed by atoms with Crippen LogP contribution in [0.1, 0.15) is 5.56 Å². The summed E-state index contributed by atoms with van der Waals surface area (Å²) in [5, 5.41) is 22.9. The quantitative estimate of drug-likeness (QED) is 0.573. The number of hydrogen-bond donors (Lipinski definition) is 4. The molecule has 0 spiro atoms. The predicted molar refractivity (Wildman–Crippen MR) is 59.3 cm³/mol. The van der Waals surface area contributed by atoms with E-state index < -0.39 is 0 Å². The highest BCUT2D eigenvalue weighted by molar-refractivity contribution is 5.91. The molecule has 4 heteroatoms. The molecule has 0 fully saturated rings. The number of aromatic nitrogens is 1. The van der Waals surface area contributed by atoms with Crippen molar-refractivity contribution in [3.05, 3.63) is 23.9 Å². The molecule has 0 saturated carbocycles. The molecule has 1 heterocycles. The van der Waals surface area contributed by atoms with Gasteiger partial charge in [-0.15, -0.1) is 0 Å². The van der Waals surface area contributed by atoms with Crippen LogP contribution in [-0.2, 0) is 6.42 Å². The normalized spacial score (nSPS) is 11.0. The molecule has 0 aliphatic carbocycles. The van der Waals surface area contributed by atoms with E-state index in [1.54, 1.807) is 6.07 Å². The van der Waals surface area contributed by atoms with E-state index in [-0.39, 0.29) is 11.5 Å². The van der Waals surface area contributed by atoms with Gasteiger partial charge < -0.3 is 20.5 Å². The highest BCUT2D eigenvalue weighted by Crippen LogP contribution is 2.35. The monoisotopic (exact) mass is 206 g/mol. The molecule has 0 atom stereocenters. The second-order valence-electron chi connectivity index (χ2n) is 3.52. The van der Waals surface area contributed by atoms with E-state index in [0.29, 0.717) is 5.39 Å². The van der Waals surface area contributed by atoms with Gasteiger partial charge in [0.2, 0.25) is 0 Å². The van der Waals surface area contributed by atoms with Crippen molar-refractivity contribution in [2.24, 2.45) is 0 Å². The lowest BCUT2D eigenvalue weighted by atomic mass is 10.1. The SMILES string of the molecule is CNCCc1c[nH]c2ccc(O)c(O)c12. The second kappa shape index (κ2) is 3.82. The van der Waals surface area contributed by atoms with Gasteiger partial charge in [-0.3, -0.25) is 0 Å². The molecule has 4 nitrogen and oxygen atoms in total. The van der Waals surface area contributed by atoms with Crippen LogP contribution in [0.15, 0.2) is 18.3 Å². The van der Waals surface area contributed by atoms with Gasteiger partial charge in [0.05, 0.1) is 0 Å². The molecule has 0 unspecified atom stereocenters. The molecule has 15 heavy (non-hydrogen) atoms. The maximum absolute atomic E-state index is 9.74. The number of rotatable bonds is 3. The number of fused-ring (bicyclic) bond motifs is 1. The fourth-order valence-electron chi connectivity index (χ4n) is 1.72. The van der Waals surface area contributed by atoms with Crippen LogP contribution >= 0.6 is 0 Å². The molecule has 0 aliphatic rings. The van der Waals surface area contributed by atoms with Crippen LogP contribution in [0.5, 0.6) is 11.5 Å². The number of phenols is 2. The predicted octanol–water partition coefficient (Wildman–Crippen LogP) is 1.34. The average Bonchev–Trinajstić information content (AvgIpc) is 2.64. The Bertz CT molecular complexity index is 477. The van der Waals surface area contributed by atoms with E-state index in [9.17, 15) is 10.2 Å². The van der Waals surface area contributed by atoms with Gasteiger partial charge in [-0.2, -0.15) is 0 Å². The van der Waals surface area contributed by atoms with Gasteiger partial charge in [-0.25, -0.2) is 0 Å². The van der Waals surface area contributed by atoms with E-state index in [4.69, 9.17) is 0 Å². The topological polar surface area (TPSA) is 68.3 Å². The van der Waals surface area contributed by atoms with Crippen molar-refractivity contribution in [2.45, 2.75) is 6.42 Å². The van der Waals surface area contributed by atoms with Crippen molar-refractivity contribution in [3.8, 4) is 11.5 Å². The average molecular weight is 206 g/mol. The summed E-state index contributed by atoms with van der Waals surface area (Å²) in [4.78, 5) is 3.07. The fourth-order valence-corrected chi connectivity index (χ4v) is 1.72. The van der Waals surface area contributed by atoms with Crippen molar-refractivity contribution in [1.82, 2.24) is 10.3 Å². The van der Waals surface area contributed by atoms with Gasteiger partial charge in [0.15, 0.2) is 11.5 Å². The largest absolute Gasteiger partial charge is 0.504 e. The molecule has 2 rings (SSSR count). The number of aromatic amines is 1. The summed E-state index contributed by atoms with van der Waals surface area (Å²) in [6.07, 6.45) is 2.68. The Morgan fingerprint density at radius 1 is 1.33 bits per heavy atom. The van der Waals surface area contributed by atoms with Crippen LogP contribution in [0, 0.1) is 0 Å². The van der Waals surface area contributed by atoms with Crippen molar-refractivity contribution >= 4 is 10.9 Å². The second-order valence-corrected chi connectivity index (χ2v) is 3.52. The zero-order valence-electron chi connectivity index (χ0n) is 8.54. The standard InChI is InChI=1S/C11H14N2O2/c1-12-5-4-7-6-13-8-2-3-9(14)11(15)10(7)8/h2-3,6,12-15H,4-5H2,1H3. The maximum atomic E-state index is 9.74. The first-order valence-corrected chi connectivity index (χ1v) is 4.89. The van der Waals surface area contributed by atoms with Gasteiger partial charge in [0.1, 0.15) is 0 Å². The van der Waals surface area contributed by atoms with E-state index in [1.165, 1.54) is 6.07 Å². The van der Waals surface area contributed by atoms with E-state index in [1.807, 2.05) is 13.2 Å². The molecular weight excluding hydrogens is 192 g/mol. The highest BCUT2D eigenvalue weighted by Gasteiger charge is 2.10. The molecule has 4 N–H and O–H groups in total. The Hall–Kier alpha value is -1.68. The van der Waals surface area contributed by atoms with Crippen LogP contribution in [0.2, 0.25) is 0 Å². The molecule has 0 bridgehead atoms. The summed E-state index contributed by atoms with van der Waals surface area (Å²) in [6, 6.07) is 3.24. The lowest BCUT2D eigenvalue weighted by Gasteiger charge is -2.02. The molecule has 1 aromatic heterocycles. The zero-order chi connectivity index (χ0) is 10.8. The van der Waals surface area contributed by atoms with E-state index >= 15 is 0 Å². The number of H-pyrrole nitrogens is 1. The zero-order valence-corrected chi connectivity index (χ0v) is 8.54. The molecule has 0 radical (unpaired) electrons. The third kappa shape index (κ3) is 1.64. The Labute approximate surface area is 87.6 Å². The Morgan fingerprint density at radius 2 is 2.13 bits per heavy atom. The van der Waals surface area contributed by atoms with Crippen molar-refractivity contribution in [3.63, 3.8) is 0 Å². The number of benzene rings is 1. The van der Waals surface area contributed by atoms with Crippen LogP contribution in [0.25, 0.3) is 10.9 Å². The lowest BCUT2D eigenvalue weighted by Crippen LogP contribution is -2.09. The number of likely N-dealkylation sites (N-methyl/N-ethyl adjacent to an activating group) is 1. The minimum atomic E-state index is -0.0761. The first kappa shape index (κ1) is 9.86. The van der Waals surface area contributed by atoms with Gasteiger partial charge in [0.25, 0.3) is 0 Å². The third-order valence-electron chi connectivity index (χ3n) is 2.52. The number of phenolic OH excluding ortho intramolecular Hbond substituents is 2. The number of hydrogen-bond acceptors (Lipinski definition) is 3. The van der Waals surface area contributed by atoms with Gasteiger partial charge in [0, 0.05) is 17.1 Å². The van der Waals surface area contributed by atoms with Crippen LogP contribution in [0.4, 0.5) is 0 Å². The van der Waals surface area contributed by atoms with E-state index in [2.05, 4.69) is 10.3 Å². The smallest absolute Gasteiger partial charge is 0.167 e. The molecule has 80 valence electrons. The van der Waals surface area contributed by atoms with Gasteiger partial charge in [-0.1, -0.05) is 0 Å². The minimum absolute atomic E-state index is 0.0418. The summed E-state index contributed by atoms with van der Waals surface area (Å²) in [6.45, 7) is 0.835. The van der Waals surface area contributed by atoms with Crippen LogP contribution in [0.3, 0.4) is 0 Å². The molecular formula is C11H14N2O2. The van der Waals surface area contributed by atoms with E-state index in [0.717, 1.165) is 24.0 Å². The highest BCUT2D eigenvalue weighted by atomic mass is 16.3. The fraction of sp³-hybridized carbons (Fsp3) is 0.273. The first-order valence-electron chi connectivity index (χ1n) is 4.89. The summed E-state index contributed by atoms with van der Waals surface area (Å²) in [5.41, 5.74) is 1.85. The Balaban J connectivity index is 2.51. The maximum Gasteiger partial charge on any atom is 0.167 e. The molecule has 2 aromatic rings. The summed E-state index contributed by atoms with van der Waals surface area (Å²) >= 11 is 0. The molecule has 0 amide bonds. The first-order chi connectivity index (χ1) is 7.24.